The van der Waals surface area contributed by atoms with Gasteiger partial charge in [-0.1, -0.05) is 13.8 Å². The lowest BCUT2D eigenvalue weighted by Crippen LogP contribution is -2.06. The molecule has 0 spiro atoms. The molecular formula is C11H18N2O3. The van der Waals surface area contributed by atoms with Crippen LogP contribution < -0.4 is 14.2 Å². The minimum Gasteiger partial charge on any atom is -0.481 e. The predicted molar refractivity (Wildman–Crippen MR) is 60.4 cm³/mol. The summed E-state index contributed by atoms with van der Waals surface area (Å²) in [5, 5.41) is 0. The SMILES string of the molecule is CCC(C)c1c(OC)nc(OC)nc1OC. The van der Waals surface area contributed by atoms with Crippen molar-refractivity contribution in [3.63, 3.8) is 0 Å². The van der Waals surface area contributed by atoms with Crippen LogP contribution in [0.1, 0.15) is 31.7 Å². The maximum absolute atomic E-state index is 5.24. The molecule has 0 radical (unpaired) electrons. The van der Waals surface area contributed by atoms with Gasteiger partial charge in [-0.25, -0.2) is 0 Å². The van der Waals surface area contributed by atoms with E-state index in [4.69, 9.17) is 14.2 Å². The number of hydrogen-bond donors (Lipinski definition) is 0. The Morgan fingerprint density at radius 1 is 1.00 bits per heavy atom. The summed E-state index contributed by atoms with van der Waals surface area (Å²) >= 11 is 0. The van der Waals surface area contributed by atoms with Crippen LogP contribution in [0.15, 0.2) is 0 Å². The number of aromatic nitrogens is 2. The highest BCUT2D eigenvalue weighted by Gasteiger charge is 2.20. The second-order valence-corrected chi connectivity index (χ2v) is 3.45. The van der Waals surface area contributed by atoms with Crippen LogP contribution in [0.25, 0.3) is 0 Å². The fraction of sp³-hybridized carbons (Fsp3) is 0.636. The third kappa shape index (κ3) is 2.35. The van der Waals surface area contributed by atoms with Crippen molar-refractivity contribution >= 4 is 0 Å². The first-order chi connectivity index (χ1) is 7.67. The van der Waals surface area contributed by atoms with Crippen LogP contribution in [0.4, 0.5) is 0 Å². The highest BCUT2D eigenvalue weighted by molar-refractivity contribution is 5.39. The smallest absolute Gasteiger partial charge is 0.322 e. The van der Waals surface area contributed by atoms with Gasteiger partial charge in [-0.05, 0) is 12.3 Å². The van der Waals surface area contributed by atoms with Crippen LogP contribution in [0.3, 0.4) is 0 Å². The first-order valence-corrected chi connectivity index (χ1v) is 5.21. The molecule has 0 saturated heterocycles. The first-order valence-electron chi connectivity index (χ1n) is 5.21. The molecule has 90 valence electrons. The molecule has 0 aliphatic carbocycles. The summed E-state index contributed by atoms with van der Waals surface area (Å²) in [6.45, 7) is 4.17. The van der Waals surface area contributed by atoms with Crippen molar-refractivity contribution in [2.75, 3.05) is 21.3 Å². The normalized spacial score (nSPS) is 12.1. The minimum atomic E-state index is 0.251. The summed E-state index contributed by atoms with van der Waals surface area (Å²) < 4.78 is 15.5. The molecule has 16 heavy (non-hydrogen) atoms. The Balaban J connectivity index is 3.31. The van der Waals surface area contributed by atoms with Crippen molar-refractivity contribution in [3.05, 3.63) is 5.56 Å². The molecule has 1 heterocycles. The summed E-state index contributed by atoms with van der Waals surface area (Å²) in [6, 6.07) is 0.251. The number of hydrogen-bond acceptors (Lipinski definition) is 5. The molecule has 0 amide bonds. The molecule has 1 rings (SSSR count). The average Bonchev–Trinajstić information content (AvgIpc) is 2.35. The van der Waals surface area contributed by atoms with Gasteiger partial charge in [0.1, 0.15) is 0 Å². The van der Waals surface area contributed by atoms with Gasteiger partial charge in [0.2, 0.25) is 11.8 Å². The Morgan fingerprint density at radius 2 is 1.50 bits per heavy atom. The van der Waals surface area contributed by atoms with Crippen molar-refractivity contribution < 1.29 is 14.2 Å². The van der Waals surface area contributed by atoms with E-state index in [2.05, 4.69) is 23.8 Å². The highest BCUT2D eigenvalue weighted by atomic mass is 16.5. The third-order valence-electron chi connectivity index (χ3n) is 2.53. The van der Waals surface area contributed by atoms with E-state index in [9.17, 15) is 0 Å². The standard InChI is InChI=1S/C11H18N2O3/c1-6-7(2)8-9(14-3)12-11(16-5)13-10(8)15-4/h7H,6H2,1-5H3. The zero-order chi connectivity index (χ0) is 12.1. The lowest BCUT2D eigenvalue weighted by Gasteiger charge is -2.16. The van der Waals surface area contributed by atoms with E-state index in [0.717, 1.165) is 12.0 Å². The molecular weight excluding hydrogens is 208 g/mol. The number of methoxy groups -OCH3 is 3. The summed E-state index contributed by atoms with van der Waals surface area (Å²) in [5.74, 6) is 1.30. The molecule has 0 saturated carbocycles. The van der Waals surface area contributed by atoms with Gasteiger partial charge in [0.25, 0.3) is 0 Å². The zero-order valence-corrected chi connectivity index (χ0v) is 10.4. The van der Waals surface area contributed by atoms with Crippen LogP contribution in [0.2, 0.25) is 0 Å². The summed E-state index contributed by atoms with van der Waals surface area (Å²) in [5.41, 5.74) is 0.883. The maximum atomic E-state index is 5.24. The summed E-state index contributed by atoms with van der Waals surface area (Å²) in [4.78, 5) is 8.30. The second kappa shape index (κ2) is 5.53. The van der Waals surface area contributed by atoms with Gasteiger partial charge in [-0.3, -0.25) is 0 Å². The van der Waals surface area contributed by atoms with Crippen molar-refractivity contribution in [2.45, 2.75) is 26.2 Å². The monoisotopic (exact) mass is 226 g/mol. The van der Waals surface area contributed by atoms with Crippen molar-refractivity contribution in [1.29, 1.82) is 0 Å². The molecule has 0 N–H and O–H groups in total. The van der Waals surface area contributed by atoms with E-state index in [-0.39, 0.29) is 11.9 Å². The Bertz CT molecular complexity index is 330. The molecule has 1 aromatic rings. The number of ether oxygens (including phenoxy) is 3. The first kappa shape index (κ1) is 12.5. The maximum Gasteiger partial charge on any atom is 0.322 e. The Morgan fingerprint density at radius 3 is 1.81 bits per heavy atom. The molecule has 0 fully saturated rings. The lowest BCUT2D eigenvalue weighted by molar-refractivity contribution is 0.320. The van der Waals surface area contributed by atoms with Gasteiger partial charge >= 0.3 is 6.01 Å². The predicted octanol–water partition coefficient (Wildman–Crippen LogP) is 2.02. The Hall–Kier alpha value is -1.52. The van der Waals surface area contributed by atoms with Gasteiger partial charge in [-0.2, -0.15) is 9.97 Å². The van der Waals surface area contributed by atoms with Crippen molar-refractivity contribution in [2.24, 2.45) is 0 Å². The molecule has 5 nitrogen and oxygen atoms in total. The van der Waals surface area contributed by atoms with E-state index in [1.807, 2.05) is 0 Å². The average molecular weight is 226 g/mol. The van der Waals surface area contributed by atoms with E-state index >= 15 is 0 Å². The van der Waals surface area contributed by atoms with Gasteiger partial charge in [0, 0.05) is 0 Å². The van der Waals surface area contributed by atoms with E-state index < -0.39 is 0 Å². The molecule has 1 atom stereocenters. The lowest BCUT2D eigenvalue weighted by atomic mass is 10.0. The van der Waals surface area contributed by atoms with Gasteiger partial charge in [0.05, 0.1) is 26.9 Å². The fourth-order valence-electron chi connectivity index (χ4n) is 1.44. The zero-order valence-electron chi connectivity index (χ0n) is 10.4. The third-order valence-corrected chi connectivity index (χ3v) is 2.53. The largest absolute Gasteiger partial charge is 0.481 e. The molecule has 0 aliphatic rings. The van der Waals surface area contributed by atoms with E-state index in [1.165, 1.54) is 7.11 Å². The molecule has 0 aromatic carbocycles. The molecule has 0 aliphatic heterocycles. The minimum absolute atomic E-state index is 0.251. The molecule has 1 unspecified atom stereocenters. The van der Waals surface area contributed by atoms with Gasteiger partial charge < -0.3 is 14.2 Å². The van der Waals surface area contributed by atoms with Crippen LogP contribution >= 0.6 is 0 Å². The highest BCUT2D eigenvalue weighted by Crippen LogP contribution is 2.35. The number of rotatable bonds is 5. The van der Waals surface area contributed by atoms with Gasteiger partial charge in [-0.15, -0.1) is 0 Å². The quantitative estimate of drug-likeness (QED) is 0.768. The van der Waals surface area contributed by atoms with Crippen LogP contribution in [-0.4, -0.2) is 31.3 Å². The molecule has 1 aromatic heterocycles. The molecule has 5 heteroatoms. The Labute approximate surface area is 95.8 Å². The molecule has 0 bridgehead atoms. The second-order valence-electron chi connectivity index (χ2n) is 3.45. The fourth-order valence-corrected chi connectivity index (χ4v) is 1.44. The Kier molecular flexibility index (Phi) is 4.34. The van der Waals surface area contributed by atoms with E-state index in [0.29, 0.717) is 11.8 Å². The van der Waals surface area contributed by atoms with Crippen molar-refractivity contribution in [1.82, 2.24) is 9.97 Å². The topological polar surface area (TPSA) is 53.5 Å². The van der Waals surface area contributed by atoms with Crippen LogP contribution in [-0.2, 0) is 0 Å². The van der Waals surface area contributed by atoms with Gasteiger partial charge in [0.15, 0.2) is 0 Å². The van der Waals surface area contributed by atoms with E-state index in [1.54, 1.807) is 14.2 Å². The van der Waals surface area contributed by atoms with Crippen LogP contribution in [0.5, 0.6) is 17.8 Å². The summed E-state index contributed by atoms with van der Waals surface area (Å²) in [6.07, 6.45) is 0.961. The number of nitrogens with zero attached hydrogens (tertiary/aromatic N) is 2. The van der Waals surface area contributed by atoms with Crippen LogP contribution in [0, 0.1) is 0 Å². The van der Waals surface area contributed by atoms with Crippen molar-refractivity contribution in [3.8, 4) is 17.8 Å². The summed E-state index contributed by atoms with van der Waals surface area (Å²) in [7, 11) is 4.66.